The summed E-state index contributed by atoms with van der Waals surface area (Å²) in [6.45, 7) is 6.91. The normalized spacial score (nSPS) is 10.8. The van der Waals surface area contributed by atoms with Crippen LogP contribution in [0.5, 0.6) is 0 Å². The summed E-state index contributed by atoms with van der Waals surface area (Å²) in [5.74, 6) is 0. The molecule has 1 aromatic rings. The Morgan fingerprint density at radius 1 is 1.36 bits per heavy atom. The Balaban J connectivity index is 2.21. The summed E-state index contributed by atoms with van der Waals surface area (Å²) in [6.07, 6.45) is 2.26. The van der Waals surface area contributed by atoms with Gasteiger partial charge < -0.3 is 11.1 Å². The Hall–Kier alpha value is -0.450. The summed E-state index contributed by atoms with van der Waals surface area (Å²) < 4.78 is 0. The van der Waals surface area contributed by atoms with Crippen LogP contribution in [-0.4, -0.2) is 18.1 Å². The largest absolute Gasteiger partial charge is 0.330 e. The molecule has 1 aromatic heterocycles. The van der Waals surface area contributed by atoms with Gasteiger partial charge in [-0.25, -0.2) is 4.98 Å². The van der Waals surface area contributed by atoms with E-state index in [1.807, 2.05) is 0 Å². The van der Waals surface area contributed by atoms with Gasteiger partial charge in [-0.2, -0.15) is 0 Å². The first-order valence-corrected chi connectivity index (χ1v) is 5.89. The molecule has 0 aromatic carbocycles. The van der Waals surface area contributed by atoms with E-state index in [-0.39, 0.29) is 0 Å². The van der Waals surface area contributed by atoms with Crippen LogP contribution >= 0.6 is 11.3 Å². The van der Waals surface area contributed by atoms with Gasteiger partial charge in [-0.1, -0.05) is 0 Å². The number of hydrogen-bond acceptors (Lipinski definition) is 4. The van der Waals surface area contributed by atoms with Gasteiger partial charge in [0.15, 0.2) is 0 Å². The molecule has 0 aliphatic heterocycles. The first-order chi connectivity index (χ1) is 6.74. The van der Waals surface area contributed by atoms with Crippen LogP contribution in [0, 0.1) is 13.8 Å². The Kier molecular flexibility index (Phi) is 5.07. The van der Waals surface area contributed by atoms with Crippen molar-refractivity contribution in [1.29, 1.82) is 0 Å². The summed E-state index contributed by atoms with van der Waals surface area (Å²) in [4.78, 5) is 5.74. The average molecular weight is 213 g/mol. The molecule has 0 fully saturated rings. The SMILES string of the molecule is Cc1nc(C)c(CNCCCCN)s1. The third-order valence-corrected chi connectivity index (χ3v) is 3.17. The van der Waals surface area contributed by atoms with Crippen molar-refractivity contribution in [1.82, 2.24) is 10.3 Å². The zero-order valence-corrected chi connectivity index (χ0v) is 9.78. The molecule has 1 heterocycles. The maximum absolute atomic E-state index is 5.41. The van der Waals surface area contributed by atoms with Crippen molar-refractivity contribution in [3.63, 3.8) is 0 Å². The molecule has 0 amide bonds. The van der Waals surface area contributed by atoms with Crippen molar-refractivity contribution < 1.29 is 0 Å². The van der Waals surface area contributed by atoms with Crippen LogP contribution in [0.15, 0.2) is 0 Å². The molecule has 3 nitrogen and oxygen atoms in total. The summed E-state index contributed by atoms with van der Waals surface area (Å²) in [6, 6.07) is 0. The number of nitrogens with zero attached hydrogens (tertiary/aromatic N) is 1. The molecule has 0 spiro atoms. The van der Waals surface area contributed by atoms with E-state index >= 15 is 0 Å². The fraction of sp³-hybridized carbons (Fsp3) is 0.700. The Morgan fingerprint density at radius 3 is 2.71 bits per heavy atom. The summed E-state index contributed by atoms with van der Waals surface area (Å²) in [7, 11) is 0. The lowest BCUT2D eigenvalue weighted by Crippen LogP contribution is -2.15. The van der Waals surface area contributed by atoms with Crippen LogP contribution in [-0.2, 0) is 6.54 Å². The number of aromatic nitrogens is 1. The molecule has 4 heteroatoms. The van der Waals surface area contributed by atoms with Crippen LogP contribution in [0.1, 0.15) is 28.4 Å². The summed E-state index contributed by atoms with van der Waals surface area (Å²) in [5.41, 5.74) is 6.58. The molecule has 0 saturated heterocycles. The lowest BCUT2D eigenvalue weighted by atomic mass is 10.3. The van der Waals surface area contributed by atoms with Crippen LogP contribution in [0.2, 0.25) is 0 Å². The summed E-state index contributed by atoms with van der Waals surface area (Å²) >= 11 is 1.78. The van der Waals surface area contributed by atoms with Gasteiger partial charge in [0, 0.05) is 11.4 Å². The minimum atomic E-state index is 0.792. The van der Waals surface area contributed by atoms with Crippen molar-refractivity contribution >= 4 is 11.3 Å². The zero-order valence-electron chi connectivity index (χ0n) is 8.97. The molecule has 3 N–H and O–H groups in total. The number of rotatable bonds is 6. The van der Waals surface area contributed by atoms with E-state index in [0.29, 0.717) is 0 Å². The molecule has 0 saturated carbocycles. The van der Waals surface area contributed by atoms with E-state index in [0.717, 1.165) is 37.5 Å². The Morgan fingerprint density at radius 2 is 2.14 bits per heavy atom. The second-order valence-electron chi connectivity index (χ2n) is 3.41. The minimum Gasteiger partial charge on any atom is -0.330 e. The fourth-order valence-corrected chi connectivity index (χ4v) is 2.24. The Labute approximate surface area is 89.7 Å². The monoisotopic (exact) mass is 213 g/mol. The topological polar surface area (TPSA) is 50.9 Å². The number of thiazole rings is 1. The van der Waals surface area contributed by atoms with Crippen LogP contribution in [0.25, 0.3) is 0 Å². The van der Waals surface area contributed by atoms with E-state index in [1.165, 1.54) is 10.6 Å². The quantitative estimate of drug-likeness (QED) is 0.706. The molecule has 14 heavy (non-hydrogen) atoms. The molecule has 80 valence electrons. The molecule has 0 unspecified atom stereocenters. The van der Waals surface area contributed by atoms with Gasteiger partial charge in [-0.05, 0) is 39.8 Å². The Bertz CT molecular complexity index is 270. The molecular weight excluding hydrogens is 194 g/mol. The first-order valence-electron chi connectivity index (χ1n) is 5.07. The molecule has 1 rings (SSSR count). The third kappa shape index (κ3) is 3.74. The molecular formula is C10H19N3S. The zero-order chi connectivity index (χ0) is 10.4. The maximum atomic E-state index is 5.41. The third-order valence-electron chi connectivity index (χ3n) is 2.09. The summed E-state index contributed by atoms with van der Waals surface area (Å²) in [5, 5.41) is 4.56. The molecule has 0 atom stereocenters. The fourth-order valence-electron chi connectivity index (χ4n) is 1.33. The maximum Gasteiger partial charge on any atom is 0.0900 e. The van der Waals surface area contributed by atoms with Gasteiger partial charge in [0.05, 0.1) is 10.7 Å². The smallest absolute Gasteiger partial charge is 0.0900 e. The number of hydrogen-bond donors (Lipinski definition) is 2. The van der Waals surface area contributed by atoms with Gasteiger partial charge in [0.25, 0.3) is 0 Å². The van der Waals surface area contributed by atoms with Gasteiger partial charge in [-0.3, -0.25) is 0 Å². The van der Waals surface area contributed by atoms with Crippen molar-refractivity contribution in [2.75, 3.05) is 13.1 Å². The van der Waals surface area contributed by atoms with E-state index in [4.69, 9.17) is 5.73 Å². The van der Waals surface area contributed by atoms with Crippen molar-refractivity contribution in [2.24, 2.45) is 5.73 Å². The standard InChI is InChI=1S/C10H19N3S/c1-8-10(14-9(2)13-8)7-12-6-4-3-5-11/h12H,3-7,11H2,1-2H3. The number of nitrogens with two attached hydrogens (primary N) is 1. The van der Waals surface area contributed by atoms with Crippen LogP contribution in [0.4, 0.5) is 0 Å². The van der Waals surface area contributed by atoms with Crippen LogP contribution < -0.4 is 11.1 Å². The highest BCUT2D eigenvalue weighted by Gasteiger charge is 2.02. The van der Waals surface area contributed by atoms with E-state index in [2.05, 4.69) is 24.1 Å². The van der Waals surface area contributed by atoms with Crippen molar-refractivity contribution in [3.05, 3.63) is 15.6 Å². The predicted molar refractivity (Wildman–Crippen MR) is 61.6 cm³/mol. The van der Waals surface area contributed by atoms with Crippen molar-refractivity contribution in [2.45, 2.75) is 33.2 Å². The second kappa shape index (κ2) is 6.11. The number of aryl methyl sites for hydroxylation is 2. The highest BCUT2D eigenvalue weighted by Crippen LogP contribution is 2.16. The molecule has 0 aliphatic carbocycles. The second-order valence-corrected chi connectivity index (χ2v) is 4.70. The van der Waals surface area contributed by atoms with E-state index in [9.17, 15) is 0 Å². The van der Waals surface area contributed by atoms with Crippen LogP contribution in [0.3, 0.4) is 0 Å². The average Bonchev–Trinajstić information content (AvgIpc) is 2.45. The number of nitrogens with one attached hydrogen (secondary N) is 1. The molecule has 0 aliphatic rings. The lowest BCUT2D eigenvalue weighted by Gasteiger charge is -2.02. The predicted octanol–water partition coefficient (Wildman–Crippen LogP) is 1.59. The van der Waals surface area contributed by atoms with E-state index < -0.39 is 0 Å². The molecule has 0 bridgehead atoms. The first kappa shape index (κ1) is 11.6. The highest BCUT2D eigenvalue weighted by molar-refractivity contribution is 7.11. The van der Waals surface area contributed by atoms with E-state index in [1.54, 1.807) is 11.3 Å². The van der Waals surface area contributed by atoms with Gasteiger partial charge >= 0.3 is 0 Å². The van der Waals surface area contributed by atoms with Gasteiger partial charge in [0.1, 0.15) is 0 Å². The minimum absolute atomic E-state index is 0.792. The van der Waals surface area contributed by atoms with Gasteiger partial charge in [0.2, 0.25) is 0 Å². The van der Waals surface area contributed by atoms with Crippen molar-refractivity contribution in [3.8, 4) is 0 Å². The molecule has 0 radical (unpaired) electrons. The lowest BCUT2D eigenvalue weighted by molar-refractivity contribution is 0.629. The van der Waals surface area contributed by atoms with Gasteiger partial charge in [-0.15, -0.1) is 11.3 Å². The number of unbranched alkanes of at least 4 members (excludes halogenated alkanes) is 1. The highest BCUT2D eigenvalue weighted by atomic mass is 32.1.